The molecule has 1 N–H and O–H groups in total. The summed E-state index contributed by atoms with van der Waals surface area (Å²) in [4.78, 5) is 0. The van der Waals surface area contributed by atoms with Crippen LogP contribution >= 0.6 is 0 Å². The Kier molecular flexibility index (Phi) is 4.30. The van der Waals surface area contributed by atoms with Gasteiger partial charge in [-0.2, -0.15) is 0 Å². The van der Waals surface area contributed by atoms with E-state index in [0.717, 1.165) is 31.2 Å². The van der Waals surface area contributed by atoms with Crippen LogP contribution in [-0.4, -0.2) is 5.11 Å². The lowest BCUT2D eigenvalue weighted by Gasteiger charge is -2.43. The van der Waals surface area contributed by atoms with E-state index in [1.165, 1.54) is 38.6 Å². The van der Waals surface area contributed by atoms with Gasteiger partial charge in [0.05, 0.1) is 5.60 Å². The van der Waals surface area contributed by atoms with Gasteiger partial charge in [0.2, 0.25) is 0 Å². The van der Waals surface area contributed by atoms with Crippen LogP contribution in [-0.2, 0) is 31.3 Å². The molecule has 0 heterocycles. The number of aryl methyl sites for hydroxylation is 1. The minimum atomic E-state index is -0.859. The zero-order valence-electron chi connectivity index (χ0n) is 18.0. The zero-order chi connectivity index (χ0) is 21.0. The van der Waals surface area contributed by atoms with Crippen LogP contribution in [0.3, 0.4) is 0 Å². The van der Waals surface area contributed by atoms with Gasteiger partial charge in [-0.15, -0.1) is 0 Å². The highest BCUT2D eigenvalue weighted by molar-refractivity contribution is 5.89. The van der Waals surface area contributed by atoms with Gasteiger partial charge in [0, 0.05) is 11.8 Å². The molecule has 6 rings (SSSR count). The molecule has 2 aliphatic carbocycles. The van der Waals surface area contributed by atoms with E-state index in [1.807, 2.05) is 0 Å². The molecule has 0 saturated heterocycles. The average Bonchev–Trinajstić information content (AvgIpc) is 2.91. The van der Waals surface area contributed by atoms with Gasteiger partial charge in [0.15, 0.2) is 0 Å². The molecular formula is C30H28O. The number of hydrogen-bond acceptors (Lipinski definition) is 1. The number of benzene rings is 4. The molecule has 0 radical (unpaired) electrons. The van der Waals surface area contributed by atoms with Gasteiger partial charge in [-0.25, -0.2) is 0 Å². The summed E-state index contributed by atoms with van der Waals surface area (Å²) in [5, 5.41) is 15.4. The summed E-state index contributed by atoms with van der Waals surface area (Å²) in [6.45, 7) is 2.12. The molecular weight excluding hydrogens is 376 g/mol. The number of aliphatic hydroxyl groups is 1. The Bertz CT molecular complexity index is 1200. The molecule has 0 amide bonds. The zero-order valence-corrected chi connectivity index (χ0v) is 18.0. The van der Waals surface area contributed by atoms with E-state index in [-0.39, 0.29) is 11.8 Å². The largest absolute Gasteiger partial charge is 0.385 e. The van der Waals surface area contributed by atoms with Gasteiger partial charge in [0.1, 0.15) is 0 Å². The summed E-state index contributed by atoms with van der Waals surface area (Å²) in [5.74, 6) is 0.283. The van der Waals surface area contributed by atoms with Gasteiger partial charge in [-0.05, 0) is 71.2 Å². The third-order valence-electron chi connectivity index (χ3n) is 7.82. The lowest BCUT2D eigenvalue weighted by Crippen LogP contribution is -2.45. The Hall–Kier alpha value is -2.90. The Balaban J connectivity index is 1.61. The molecule has 4 aromatic carbocycles. The minimum absolute atomic E-state index is 0.141. The van der Waals surface area contributed by atoms with Gasteiger partial charge >= 0.3 is 0 Å². The Morgan fingerprint density at radius 1 is 0.613 bits per heavy atom. The molecule has 1 nitrogen and oxygen atoms in total. The maximum atomic E-state index is 12.7. The van der Waals surface area contributed by atoms with Crippen molar-refractivity contribution < 1.29 is 5.11 Å². The van der Waals surface area contributed by atoms with Crippen molar-refractivity contribution in [2.45, 2.75) is 38.2 Å². The first-order valence-corrected chi connectivity index (χ1v) is 11.5. The van der Waals surface area contributed by atoms with Crippen molar-refractivity contribution in [2.75, 3.05) is 0 Å². The molecule has 31 heavy (non-hydrogen) atoms. The first-order chi connectivity index (χ1) is 15.1. The normalized spacial score (nSPS) is 24.7. The van der Waals surface area contributed by atoms with Crippen molar-refractivity contribution in [1.82, 2.24) is 0 Å². The van der Waals surface area contributed by atoms with Crippen molar-refractivity contribution in [3.05, 3.63) is 118 Å². The molecule has 1 unspecified atom stereocenters. The second kappa shape index (κ2) is 7.07. The maximum absolute atomic E-state index is 12.7. The molecule has 2 aliphatic rings. The second-order valence-corrected chi connectivity index (χ2v) is 9.60. The minimum Gasteiger partial charge on any atom is -0.385 e. The molecule has 2 bridgehead atoms. The summed E-state index contributed by atoms with van der Waals surface area (Å²) in [6.07, 6.45) is 3.61. The Morgan fingerprint density at radius 2 is 1.10 bits per heavy atom. The highest BCUT2D eigenvalue weighted by atomic mass is 16.3. The molecule has 1 heteroatoms. The fourth-order valence-corrected chi connectivity index (χ4v) is 6.25. The fourth-order valence-electron chi connectivity index (χ4n) is 6.25. The van der Waals surface area contributed by atoms with Crippen molar-refractivity contribution >= 4 is 10.8 Å². The number of hydrogen-bond donors (Lipinski definition) is 1. The predicted octanol–water partition coefficient (Wildman–Crippen LogP) is 6.17. The van der Waals surface area contributed by atoms with E-state index >= 15 is 0 Å². The number of rotatable bonds is 1. The van der Waals surface area contributed by atoms with E-state index < -0.39 is 5.60 Å². The molecule has 154 valence electrons. The smallest absolute Gasteiger partial charge is 0.0965 e. The van der Waals surface area contributed by atoms with Gasteiger partial charge < -0.3 is 5.11 Å². The SMILES string of the molecule is Cc1ccc(C2(O)[C@@H]3Cc4ccccc4C[C@H]2Cc2cccc4cccc(c24)C3)cc1. The van der Waals surface area contributed by atoms with E-state index in [4.69, 9.17) is 0 Å². The monoisotopic (exact) mass is 404 g/mol. The summed E-state index contributed by atoms with van der Waals surface area (Å²) in [7, 11) is 0. The number of fused-ring (bicyclic) bond motifs is 3. The van der Waals surface area contributed by atoms with Gasteiger partial charge in [-0.1, -0.05) is 90.5 Å². The molecule has 0 spiro atoms. The van der Waals surface area contributed by atoms with E-state index in [9.17, 15) is 5.11 Å². The van der Waals surface area contributed by atoms with Crippen LogP contribution < -0.4 is 0 Å². The molecule has 3 atom stereocenters. The molecule has 0 aromatic heterocycles. The van der Waals surface area contributed by atoms with E-state index in [0.29, 0.717) is 0 Å². The van der Waals surface area contributed by atoms with Crippen molar-refractivity contribution in [3.63, 3.8) is 0 Å². The van der Waals surface area contributed by atoms with Crippen LogP contribution in [0.25, 0.3) is 10.8 Å². The molecule has 0 saturated carbocycles. The quantitative estimate of drug-likeness (QED) is 0.402. The van der Waals surface area contributed by atoms with Crippen LogP contribution in [0.5, 0.6) is 0 Å². The first-order valence-electron chi connectivity index (χ1n) is 11.5. The predicted molar refractivity (Wildman–Crippen MR) is 127 cm³/mol. The summed E-state index contributed by atoms with van der Waals surface area (Å²) in [5.41, 5.74) is 7.01. The van der Waals surface area contributed by atoms with Crippen LogP contribution in [0.15, 0.2) is 84.9 Å². The first kappa shape index (κ1) is 18.8. The van der Waals surface area contributed by atoms with Gasteiger partial charge in [0.25, 0.3) is 0 Å². The highest BCUT2D eigenvalue weighted by Gasteiger charge is 2.48. The van der Waals surface area contributed by atoms with Crippen LogP contribution in [0.1, 0.15) is 33.4 Å². The van der Waals surface area contributed by atoms with Crippen molar-refractivity contribution in [3.8, 4) is 0 Å². The standard InChI is InChI=1S/C30H28O/c1-20-12-14-26(15-13-20)30(31)27-16-22-6-2-3-7-23(22)17-28(30)19-25-11-5-9-21-8-4-10-24(18-27)29(21)25/h2-15,27-28,31H,16-19H2,1H3/t27-,28+,30?. The summed E-state index contributed by atoms with van der Waals surface area (Å²) >= 11 is 0. The molecule has 0 fully saturated rings. The second-order valence-electron chi connectivity index (χ2n) is 9.60. The average molecular weight is 405 g/mol. The van der Waals surface area contributed by atoms with Crippen molar-refractivity contribution in [1.29, 1.82) is 0 Å². The third-order valence-corrected chi connectivity index (χ3v) is 7.82. The molecule has 4 aromatic rings. The summed E-state index contributed by atoms with van der Waals surface area (Å²) < 4.78 is 0. The Labute approximate surface area is 184 Å². The summed E-state index contributed by atoms with van der Waals surface area (Å²) in [6, 6.07) is 30.8. The maximum Gasteiger partial charge on any atom is 0.0965 e. The van der Waals surface area contributed by atoms with Crippen LogP contribution in [0, 0.1) is 18.8 Å². The topological polar surface area (TPSA) is 20.2 Å². The lowest BCUT2D eigenvalue weighted by atomic mass is 9.65. The fraction of sp³-hybridized carbons (Fsp3) is 0.267. The highest BCUT2D eigenvalue weighted by Crippen LogP contribution is 2.48. The van der Waals surface area contributed by atoms with E-state index in [1.54, 1.807) is 0 Å². The lowest BCUT2D eigenvalue weighted by molar-refractivity contribution is -0.0749. The van der Waals surface area contributed by atoms with Gasteiger partial charge in [-0.3, -0.25) is 0 Å². The van der Waals surface area contributed by atoms with Crippen LogP contribution in [0.4, 0.5) is 0 Å². The van der Waals surface area contributed by atoms with Crippen LogP contribution in [0.2, 0.25) is 0 Å². The molecule has 0 aliphatic heterocycles. The van der Waals surface area contributed by atoms with Crippen molar-refractivity contribution in [2.24, 2.45) is 11.8 Å². The third kappa shape index (κ3) is 2.95. The Morgan fingerprint density at radius 3 is 1.65 bits per heavy atom. The van der Waals surface area contributed by atoms with E-state index in [2.05, 4.69) is 91.9 Å².